The number of likely N-dealkylation sites (N-methyl/N-ethyl adjacent to an activating group) is 1. The van der Waals surface area contributed by atoms with Crippen LogP contribution in [-0.4, -0.2) is 20.2 Å². The number of thiophene rings is 1. The van der Waals surface area contributed by atoms with Gasteiger partial charge in [0.1, 0.15) is 5.75 Å². The van der Waals surface area contributed by atoms with Gasteiger partial charge in [0, 0.05) is 23.4 Å². The zero-order chi connectivity index (χ0) is 8.39. The molecule has 4 heteroatoms. The van der Waals surface area contributed by atoms with Crippen molar-refractivity contribution in [3.63, 3.8) is 0 Å². The Kier molecular flexibility index (Phi) is 4.03. The fourth-order valence-corrected chi connectivity index (χ4v) is 2.49. The van der Waals surface area contributed by atoms with Crippen molar-refractivity contribution in [3.8, 4) is 5.75 Å². The van der Waals surface area contributed by atoms with Crippen molar-refractivity contribution >= 4 is 23.7 Å². The third-order valence-electron chi connectivity index (χ3n) is 2.27. The molecule has 13 heavy (non-hydrogen) atoms. The van der Waals surface area contributed by atoms with Crippen molar-refractivity contribution in [1.29, 1.82) is 0 Å². The van der Waals surface area contributed by atoms with Crippen LogP contribution >= 0.6 is 23.7 Å². The highest BCUT2D eigenvalue weighted by atomic mass is 35.5. The first-order valence-electron chi connectivity index (χ1n) is 4.25. The lowest BCUT2D eigenvalue weighted by Crippen LogP contribution is -2.22. The molecule has 0 fully saturated rings. The van der Waals surface area contributed by atoms with E-state index in [0.29, 0.717) is 5.92 Å². The summed E-state index contributed by atoms with van der Waals surface area (Å²) in [5, 5.41) is 7.52. The maximum Gasteiger partial charge on any atom is 0.133 e. The molecular weight excluding hydrogens is 206 g/mol. The standard InChI is InChI=1S/C9H13NOS.ClH/c1-10-4-7-2-3-11-9-6-12-5-8(7)9;/h5-7,10H,2-4H2,1H3;1H. The molecule has 0 aliphatic carbocycles. The molecule has 2 rings (SSSR count). The van der Waals surface area contributed by atoms with E-state index in [0.717, 1.165) is 25.3 Å². The first-order chi connectivity index (χ1) is 5.92. The molecule has 0 amide bonds. The second-order valence-corrected chi connectivity index (χ2v) is 3.83. The van der Waals surface area contributed by atoms with Gasteiger partial charge in [-0.15, -0.1) is 23.7 Å². The molecule has 1 unspecified atom stereocenters. The second kappa shape index (κ2) is 4.84. The molecular formula is C9H14ClNOS. The molecule has 0 aromatic carbocycles. The average molecular weight is 220 g/mol. The van der Waals surface area contributed by atoms with Crippen molar-refractivity contribution in [1.82, 2.24) is 5.32 Å². The molecule has 1 aliphatic rings. The van der Waals surface area contributed by atoms with Crippen LogP contribution in [0.4, 0.5) is 0 Å². The quantitative estimate of drug-likeness (QED) is 0.824. The van der Waals surface area contributed by atoms with Gasteiger partial charge in [-0.2, -0.15) is 0 Å². The average Bonchev–Trinajstić information content (AvgIpc) is 2.53. The molecule has 2 nitrogen and oxygen atoms in total. The lowest BCUT2D eigenvalue weighted by molar-refractivity contribution is 0.268. The fourth-order valence-electron chi connectivity index (χ4n) is 1.64. The zero-order valence-corrected chi connectivity index (χ0v) is 9.21. The summed E-state index contributed by atoms with van der Waals surface area (Å²) >= 11 is 1.73. The highest BCUT2D eigenvalue weighted by molar-refractivity contribution is 7.08. The fraction of sp³-hybridized carbons (Fsp3) is 0.556. The van der Waals surface area contributed by atoms with Gasteiger partial charge in [0.05, 0.1) is 6.61 Å². The molecule has 1 aliphatic heterocycles. The van der Waals surface area contributed by atoms with Gasteiger partial charge >= 0.3 is 0 Å². The van der Waals surface area contributed by atoms with Crippen LogP contribution in [0, 0.1) is 0 Å². The number of hydrogen-bond donors (Lipinski definition) is 1. The van der Waals surface area contributed by atoms with Crippen LogP contribution in [0.2, 0.25) is 0 Å². The summed E-state index contributed by atoms with van der Waals surface area (Å²) in [6.45, 7) is 1.93. The summed E-state index contributed by atoms with van der Waals surface area (Å²) in [7, 11) is 2.00. The highest BCUT2D eigenvalue weighted by Crippen LogP contribution is 2.35. The van der Waals surface area contributed by atoms with E-state index in [1.165, 1.54) is 5.56 Å². The number of rotatable bonds is 2. The Balaban J connectivity index is 0.000000845. The molecule has 1 aromatic rings. The maximum absolute atomic E-state index is 5.52. The third-order valence-corrected chi connectivity index (χ3v) is 3.01. The number of hydrogen-bond acceptors (Lipinski definition) is 3. The van der Waals surface area contributed by atoms with Crippen molar-refractivity contribution in [2.45, 2.75) is 12.3 Å². The van der Waals surface area contributed by atoms with Gasteiger partial charge in [-0.05, 0) is 18.8 Å². The van der Waals surface area contributed by atoms with Crippen molar-refractivity contribution in [2.24, 2.45) is 0 Å². The Morgan fingerprint density at radius 2 is 2.46 bits per heavy atom. The van der Waals surface area contributed by atoms with Gasteiger partial charge in [0.25, 0.3) is 0 Å². The molecule has 0 radical (unpaired) electrons. The minimum absolute atomic E-state index is 0. The minimum Gasteiger partial charge on any atom is -0.492 e. The zero-order valence-electron chi connectivity index (χ0n) is 7.58. The molecule has 0 bridgehead atoms. The summed E-state index contributed by atoms with van der Waals surface area (Å²) in [6, 6.07) is 0. The van der Waals surface area contributed by atoms with Crippen molar-refractivity contribution in [2.75, 3.05) is 20.2 Å². The predicted octanol–water partition coefficient (Wildman–Crippen LogP) is 2.26. The van der Waals surface area contributed by atoms with Crippen LogP contribution < -0.4 is 10.1 Å². The van der Waals surface area contributed by atoms with Gasteiger partial charge in [0.15, 0.2) is 0 Å². The number of fused-ring (bicyclic) bond motifs is 1. The first-order valence-corrected chi connectivity index (χ1v) is 5.19. The first kappa shape index (κ1) is 10.8. The molecule has 2 heterocycles. The van der Waals surface area contributed by atoms with E-state index in [1.54, 1.807) is 11.3 Å². The monoisotopic (exact) mass is 219 g/mol. The molecule has 0 spiro atoms. The largest absolute Gasteiger partial charge is 0.492 e. The van der Waals surface area contributed by atoms with E-state index in [1.807, 2.05) is 7.05 Å². The van der Waals surface area contributed by atoms with E-state index >= 15 is 0 Å². The Labute approximate surface area is 88.7 Å². The van der Waals surface area contributed by atoms with E-state index in [-0.39, 0.29) is 12.4 Å². The Morgan fingerprint density at radius 1 is 1.62 bits per heavy atom. The normalized spacial score (nSPS) is 19.9. The number of halogens is 1. The van der Waals surface area contributed by atoms with Crippen molar-refractivity contribution in [3.05, 3.63) is 16.3 Å². The highest BCUT2D eigenvalue weighted by Gasteiger charge is 2.20. The third kappa shape index (κ3) is 2.16. The topological polar surface area (TPSA) is 21.3 Å². The Bertz CT molecular complexity index is 264. The van der Waals surface area contributed by atoms with E-state index < -0.39 is 0 Å². The van der Waals surface area contributed by atoms with Gasteiger partial charge in [-0.25, -0.2) is 0 Å². The van der Waals surface area contributed by atoms with E-state index in [4.69, 9.17) is 4.74 Å². The van der Waals surface area contributed by atoms with Crippen LogP contribution in [0.15, 0.2) is 10.8 Å². The lowest BCUT2D eigenvalue weighted by Gasteiger charge is -2.22. The van der Waals surface area contributed by atoms with Crippen LogP contribution in [0.3, 0.4) is 0 Å². The van der Waals surface area contributed by atoms with Gasteiger partial charge in [-0.1, -0.05) is 0 Å². The summed E-state index contributed by atoms with van der Waals surface area (Å²) in [4.78, 5) is 0. The van der Waals surface area contributed by atoms with Crippen LogP contribution in [-0.2, 0) is 0 Å². The molecule has 0 saturated carbocycles. The molecule has 1 N–H and O–H groups in total. The predicted molar refractivity (Wildman–Crippen MR) is 58.3 cm³/mol. The van der Waals surface area contributed by atoms with E-state index in [2.05, 4.69) is 16.1 Å². The van der Waals surface area contributed by atoms with Gasteiger partial charge < -0.3 is 10.1 Å². The van der Waals surface area contributed by atoms with Crippen molar-refractivity contribution < 1.29 is 4.74 Å². The number of nitrogens with one attached hydrogen (secondary N) is 1. The van der Waals surface area contributed by atoms with Gasteiger partial charge in [-0.3, -0.25) is 0 Å². The molecule has 0 saturated heterocycles. The molecule has 1 aromatic heterocycles. The summed E-state index contributed by atoms with van der Waals surface area (Å²) in [5.74, 6) is 1.76. The summed E-state index contributed by atoms with van der Waals surface area (Å²) in [6.07, 6.45) is 1.14. The lowest BCUT2D eigenvalue weighted by atomic mass is 9.96. The SMILES string of the molecule is CNCC1CCOc2cscc21.Cl. The van der Waals surface area contributed by atoms with Crippen LogP contribution in [0.5, 0.6) is 5.75 Å². The summed E-state index contributed by atoms with van der Waals surface area (Å²) in [5.41, 5.74) is 1.39. The van der Waals surface area contributed by atoms with Gasteiger partial charge in [0.2, 0.25) is 0 Å². The minimum atomic E-state index is 0. The van der Waals surface area contributed by atoms with Crippen LogP contribution in [0.1, 0.15) is 17.9 Å². The van der Waals surface area contributed by atoms with E-state index in [9.17, 15) is 0 Å². The number of ether oxygens (including phenoxy) is 1. The second-order valence-electron chi connectivity index (χ2n) is 3.08. The molecule has 74 valence electrons. The summed E-state index contributed by atoms with van der Waals surface area (Å²) < 4.78 is 5.52. The van der Waals surface area contributed by atoms with Crippen LogP contribution in [0.25, 0.3) is 0 Å². The Hall–Kier alpha value is -0.250. The Morgan fingerprint density at radius 3 is 3.23 bits per heavy atom. The smallest absolute Gasteiger partial charge is 0.133 e. The maximum atomic E-state index is 5.52. The molecule has 1 atom stereocenters.